The van der Waals surface area contributed by atoms with Crippen molar-refractivity contribution in [2.24, 2.45) is 11.8 Å². The Morgan fingerprint density at radius 2 is 1.75 bits per heavy atom. The monoisotopic (exact) mass is 482 g/mol. The zero-order valence-electron chi connectivity index (χ0n) is 18.9. The van der Waals surface area contributed by atoms with Crippen LogP contribution in [0.4, 0.5) is 10.5 Å². The van der Waals surface area contributed by atoms with Crippen LogP contribution < -0.4 is 5.32 Å². The van der Waals surface area contributed by atoms with Crippen molar-refractivity contribution in [1.82, 2.24) is 14.7 Å². The van der Waals surface area contributed by atoms with Crippen LogP contribution in [0.5, 0.6) is 0 Å². The molecule has 3 aliphatic heterocycles. The zero-order valence-corrected chi connectivity index (χ0v) is 20.4. The molecule has 0 aliphatic carbocycles. The number of piperazine rings is 1. The third-order valence-corrected chi connectivity index (χ3v) is 7.88. The second kappa shape index (κ2) is 11.9. The second-order valence-corrected chi connectivity index (χ2v) is 10.3. The van der Waals surface area contributed by atoms with Crippen LogP contribution >= 0.6 is 23.2 Å². The van der Waals surface area contributed by atoms with Crippen molar-refractivity contribution in [3.8, 4) is 0 Å². The number of nitrogens with zero attached hydrogens (tertiary/aromatic N) is 3. The van der Waals surface area contributed by atoms with E-state index in [1.807, 2.05) is 4.90 Å². The Hall–Kier alpha value is -1.05. The predicted octanol–water partition coefficient (Wildman–Crippen LogP) is 4.67. The van der Waals surface area contributed by atoms with E-state index in [0.717, 1.165) is 57.8 Å². The molecule has 3 aliphatic rings. The summed E-state index contributed by atoms with van der Waals surface area (Å²) in [6.45, 7) is 10.2. The fourth-order valence-electron chi connectivity index (χ4n) is 5.18. The molecule has 3 saturated heterocycles. The van der Waals surface area contributed by atoms with Gasteiger partial charge in [0.05, 0.1) is 10.0 Å². The van der Waals surface area contributed by atoms with Crippen molar-refractivity contribution < 1.29 is 9.53 Å². The minimum atomic E-state index is -0.0695. The number of halogens is 2. The highest BCUT2D eigenvalue weighted by atomic mass is 35.5. The molecule has 32 heavy (non-hydrogen) atoms. The van der Waals surface area contributed by atoms with Crippen LogP contribution in [0.2, 0.25) is 10.0 Å². The summed E-state index contributed by atoms with van der Waals surface area (Å²) in [5.74, 6) is 1.60. The number of urea groups is 1. The molecule has 1 atom stereocenters. The van der Waals surface area contributed by atoms with Gasteiger partial charge in [-0.3, -0.25) is 4.90 Å². The van der Waals surface area contributed by atoms with Crippen LogP contribution in [0.25, 0.3) is 0 Å². The largest absolute Gasteiger partial charge is 0.381 e. The molecule has 178 valence electrons. The number of carbonyl (C=O) groups excluding carboxylic acids is 1. The van der Waals surface area contributed by atoms with E-state index < -0.39 is 0 Å². The van der Waals surface area contributed by atoms with Crippen LogP contribution in [0.15, 0.2) is 18.2 Å². The summed E-state index contributed by atoms with van der Waals surface area (Å²) in [7, 11) is 0. The summed E-state index contributed by atoms with van der Waals surface area (Å²) in [6.07, 6.45) is 6.43. The summed E-state index contributed by atoms with van der Waals surface area (Å²) in [4.78, 5) is 19.7. The maximum absolute atomic E-state index is 12.6. The first-order valence-corrected chi connectivity index (χ1v) is 12.9. The van der Waals surface area contributed by atoms with Crippen molar-refractivity contribution in [3.05, 3.63) is 28.2 Å². The molecule has 1 aromatic rings. The first-order chi connectivity index (χ1) is 15.6. The van der Waals surface area contributed by atoms with Gasteiger partial charge in [0.2, 0.25) is 0 Å². The Kier molecular flexibility index (Phi) is 8.95. The summed E-state index contributed by atoms with van der Waals surface area (Å²) >= 11 is 12.0. The molecule has 0 aromatic heterocycles. The standard InChI is InChI=1S/C24H36Cl2N4O2/c25-22-4-3-21(16-23(22)26)27-24(31)30-12-10-29(11-13-30)18-20-2-1-8-28(17-20)9-5-19-6-14-32-15-7-19/h3-4,16,19-20H,1-2,5-15,17-18H2,(H,27,31)/t20-/m1/s1. The van der Waals surface area contributed by atoms with Gasteiger partial charge in [0.25, 0.3) is 0 Å². The van der Waals surface area contributed by atoms with Gasteiger partial charge < -0.3 is 19.9 Å². The lowest BCUT2D eigenvalue weighted by molar-refractivity contribution is 0.0553. The van der Waals surface area contributed by atoms with E-state index in [1.165, 1.54) is 51.7 Å². The van der Waals surface area contributed by atoms with Gasteiger partial charge in [0.15, 0.2) is 0 Å². The predicted molar refractivity (Wildman–Crippen MR) is 131 cm³/mol. The molecule has 0 unspecified atom stereocenters. The van der Waals surface area contributed by atoms with E-state index in [4.69, 9.17) is 27.9 Å². The Morgan fingerprint density at radius 3 is 2.50 bits per heavy atom. The van der Waals surface area contributed by atoms with Crippen molar-refractivity contribution in [2.75, 3.05) is 70.9 Å². The number of likely N-dealkylation sites (tertiary alicyclic amines) is 1. The molecule has 6 nitrogen and oxygen atoms in total. The normalized spacial score (nSPS) is 23.9. The maximum Gasteiger partial charge on any atom is 0.321 e. The number of amides is 2. The number of carbonyl (C=O) groups is 1. The first-order valence-electron chi connectivity index (χ1n) is 12.1. The molecular formula is C24H36Cl2N4O2. The van der Waals surface area contributed by atoms with Crippen molar-refractivity contribution in [1.29, 1.82) is 0 Å². The topological polar surface area (TPSA) is 48.1 Å². The number of rotatable bonds is 6. The fraction of sp³-hybridized carbons (Fsp3) is 0.708. The van der Waals surface area contributed by atoms with Crippen LogP contribution in [0.3, 0.4) is 0 Å². The van der Waals surface area contributed by atoms with Gasteiger partial charge >= 0.3 is 6.03 Å². The van der Waals surface area contributed by atoms with Crippen molar-refractivity contribution in [2.45, 2.75) is 32.1 Å². The van der Waals surface area contributed by atoms with E-state index >= 15 is 0 Å². The highest BCUT2D eigenvalue weighted by Gasteiger charge is 2.26. The SMILES string of the molecule is O=C(Nc1ccc(Cl)c(Cl)c1)N1CCN(C[C@@H]2CCCN(CCC3CCOCC3)C2)CC1. The number of hydrogen-bond acceptors (Lipinski definition) is 4. The van der Waals surface area contributed by atoms with Gasteiger partial charge in [0.1, 0.15) is 0 Å². The third-order valence-electron chi connectivity index (χ3n) is 7.14. The van der Waals surface area contributed by atoms with Crippen molar-refractivity contribution >= 4 is 34.9 Å². The average Bonchev–Trinajstić information content (AvgIpc) is 2.81. The molecule has 8 heteroatoms. The lowest BCUT2D eigenvalue weighted by Gasteiger charge is -2.39. The lowest BCUT2D eigenvalue weighted by atomic mass is 9.94. The Balaban J connectivity index is 1.16. The van der Waals surface area contributed by atoms with Gasteiger partial charge in [-0.15, -0.1) is 0 Å². The summed E-state index contributed by atoms with van der Waals surface area (Å²) < 4.78 is 5.50. The molecule has 4 rings (SSSR count). The number of piperidine rings is 1. The maximum atomic E-state index is 12.6. The van der Waals surface area contributed by atoms with Crippen LogP contribution in [0.1, 0.15) is 32.1 Å². The summed E-state index contributed by atoms with van der Waals surface area (Å²) in [5, 5.41) is 3.87. The fourth-order valence-corrected chi connectivity index (χ4v) is 5.48. The van der Waals surface area contributed by atoms with Gasteiger partial charge in [-0.1, -0.05) is 23.2 Å². The number of ether oxygens (including phenoxy) is 1. The first kappa shape index (κ1) is 24.1. The van der Waals surface area contributed by atoms with E-state index in [1.54, 1.807) is 18.2 Å². The third kappa shape index (κ3) is 6.97. The molecular weight excluding hydrogens is 447 g/mol. The Morgan fingerprint density at radius 1 is 0.969 bits per heavy atom. The van der Waals surface area contributed by atoms with E-state index in [2.05, 4.69) is 15.1 Å². The Labute approximate surface area is 202 Å². The van der Waals surface area contributed by atoms with Crippen molar-refractivity contribution in [3.63, 3.8) is 0 Å². The molecule has 0 radical (unpaired) electrons. The lowest BCUT2D eigenvalue weighted by Crippen LogP contribution is -2.52. The van der Waals surface area contributed by atoms with Gasteiger partial charge in [-0.25, -0.2) is 4.79 Å². The minimum absolute atomic E-state index is 0.0695. The van der Waals surface area contributed by atoms with Crippen LogP contribution in [0, 0.1) is 11.8 Å². The minimum Gasteiger partial charge on any atom is -0.381 e. The summed E-state index contributed by atoms with van der Waals surface area (Å²) in [5.41, 5.74) is 0.676. The van der Waals surface area contributed by atoms with Gasteiger partial charge in [-0.2, -0.15) is 0 Å². The molecule has 1 aromatic carbocycles. The van der Waals surface area contributed by atoms with E-state index in [0.29, 0.717) is 15.7 Å². The van der Waals surface area contributed by atoms with Gasteiger partial charge in [-0.05, 0) is 75.2 Å². The number of hydrogen-bond donors (Lipinski definition) is 1. The van der Waals surface area contributed by atoms with Gasteiger partial charge in [0, 0.05) is 58.2 Å². The average molecular weight is 483 g/mol. The molecule has 2 amide bonds. The quantitative estimate of drug-likeness (QED) is 0.639. The van der Waals surface area contributed by atoms with E-state index in [9.17, 15) is 4.79 Å². The molecule has 0 saturated carbocycles. The zero-order chi connectivity index (χ0) is 22.3. The number of anilines is 1. The van der Waals surface area contributed by atoms with E-state index in [-0.39, 0.29) is 6.03 Å². The molecule has 0 spiro atoms. The highest BCUT2D eigenvalue weighted by Crippen LogP contribution is 2.26. The van der Waals surface area contributed by atoms with Crippen LogP contribution in [-0.4, -0.2) is 86.3 Å². The molecule has 1 N–H and O–H groups in total. The molecule has 3 heterocycles. The smallest absolute Gasteiger partial charge is 0.321 e. The molecule has 0 bridgehead atoms. The number of nitrogens with one attached hydrogen (secondary N) is 1. The second-order valence-electron chi connectivity index (χ2n) is 9.50. The van der Waals surface area contributed by atoms with Crippen LogP contribution in [-0.2, 0) is 4.74 Å². The number of benzene rings is 1. The molecule has 3 fully saturated rings. The summed E-state index contributed by atoms with van der Waals surface area (Å²) in [6, 6.07) is 5.10. The Bertz CT molecular complexity index is 752. The highest BCUT2D eigenvalue weighted by molar-refractivity contribution is 6.42.